The van der Waals surface area contributed by atoms with Gasteiger partial charge in [-0.15, -0.1) is 0 Å². The molecule has 194 valence electrons. The number of carbonyl (C=O) groups is 1. The SMILES string of the molecule is O=C(Nc1ccccc1[N+](=O)[O-])C(F)(F)C(F)(F)C(F)(F)C(F)(F)C(F)(F)C(F)(F)C(F)(F)Cl. The van der Waals surface area contributed by atoms with Crippen LogP contribution in [0.25, 0.3) is 0 Å². The van der Waals surface area contributed by atoms with Crippen molar-refractivity contribution < 1.29 is 71.2 Å². The molecule has 0 atom stereocenters. The zero-order valence-electron chi connectivity index (χ0n) is 15.2. The van der Waals surface area contributed by atoms with Crippen LogP contribution in [0.4, 0.5) is 72.8 Å². The van der Waals surface area contributed by atoms with Gasteiger partial charge >= 0.3 is 46.8 Å². The second kappa shape index (κ2) is 8.26. The van der Waals surface area contributed by atoms with E-state index in [9.17, 15) is 76.4 Å². The molecule has 0 aliphatic carbocycles. The molecule has 0 bridgehead atoms. The molecule has 1 N–H and O–H groups in total. The van der Waals surface area contributed by atoms with Crippen LogP contribution in [0, 0.1) is 10.1 Å². The zero-order chi connectivity index (χ0) is 27.3. The summed E-state index contributed by atoms with van der Waals surface area (Å²) in [5, 5.41) is 4.51. The van der Waals surface area contributed by atoms with Gasteiger partial charge in [-0.2, -0.15) is 61.5 Å². The van der Waals surface area contributed by atoms with Gasteiger partial charge in [0.2, 0.25) is 0 Å². The second-order valence-corrected chi connectivity index (χ2v) is 6.65. The highest BCUT2D eigenvalue weighted by Gasteiger charge is 2.93. The first-order chi connectivity index (χ1) is 14.8. The summed E-state index contributed by atoms with van der Waals surface area (Å²) in [6.07, 6.45) is 0. The minimum atomic E-state index is -8.40. The van der Waals surface area contributed by atoms with E-state index < -0.39 is 63.1 Å². The van der Waals surface area contributed by atoms with Crippen LogP contribution >= 0.6 is 11.6 Å². The number of nitrogens with one attached hydrogen (secondary N) is 1. The van der Waals surface area contributed by atoms with Gasteiger partial charge in [0.1, 0.15) is 5.69 Å². The lowest BCUT2D eigenvalue weighted by molar-refractivity contribution is -0.431. The van der Waals surface area contributed by atoms with Crippen LogP contribution in [0.15, 0.2) is 24.3 Å². The number of hydrogen-bond acceptors (Lipinski definition) is 3. The number of benzene rings is 1. The molecule has 0 saturated heterocycles. The summed E-state index contributed by atoms with van der Waals surface area (Å²) in [6, 6.07) is 2.36. The maximum Gasteiger partial charge on any atom is 0.393 e. The highest BCUT2D eigenvalue weighted by Crippen LogP contribution is 2.62. The zero-order valence-corrected chi connectivity index (χ0v) is 15.9. The molecular formula is C14H5ClF14N2O3. The van der Waals surface area contributed by atoms with E-state index in [1.54, 1.807) is 0 Å². The summed E-state index contributed by atoms with van der Waals surface area (Å²) < 4.78 is 187. The standard InChI is InChI=1S/C14H5ClF14N2O3/c15-14(28,29)13(26,27)12(24,25)11(22,23)10(20,21)9(18,19)8(16,17)7(32)30-5-3-1-2-4-6(5)31(33)34/h1-4H,(H,30,32). The first-order valence-corrected chi connectivity index (χ1v) is 8.08. The Morgan fingerprint density at radius 2 is 1.12 bits per heavy atom. The van der Waals surface area contributed by atoms with Gasteiger partial charge in [0, 0.05) is 6.07 Å². The number of hydrogen-bond donors (Lipinski definition) is 1. The second-order valence-electron chi connectivity index (χ2n) is 6.17. The van der Waals surface area contributed by atoms with Crippen molar-refractivity contribution in [1.29, 1.82) is 0 Å². The summed E-state index contributed by atoms with van der Waals surface area (Å²) in [6.45, 7) is 0. The normalized spacial score (nSPS) is 14.7. The fourth-order valence-electron chi connectivity index (χ4n) is 2.05. The molecule has 0 aromatic heterocycles. The highest BCUT2D eigenvalue weighted by atomic mass is 35.5. The van der Waals surface area contributed by atoms with E-state index in [0.29, 0.717) is 17.4 Å². The largest absolute Gasteiger partial charge is 0.393 e. The molecule has 0 unspecified atom stereocenters. The van der Waals surface area contributed by atoms with Crippen molar-refractivity contribution >= 4 is 28.9 Å². The number of para-hydroxylation sites is 2. The van der Waals surface area contributed by atoms with Crippen LogP contribution in [-0.2, 0) is 4.79 Å². The quantitative estimate of drug-likeness (QED) is 0.173. The van der Waals surface area contributed by atoms with Crippen LogP contribution in [-0.4, -0.2) is 51.7 Å². The molecule has 0 heterocycles. The Bertz CT molecular complexity index is 963. The smallest absolute Gasteiger partial charge is 0.315 e. The summed E-state index contributed by atoms with van der Waals surface area (Å²) in [7, 11) is 0. The Morgan fingerprint density at radius 3 is 1.53 bits per heavy atom. The fraction of sp³-hybridized carbons (Fsp3) is 0.500. The maximum atomic E-state index is 13.8. The lowest BCUT2D eigenvalue weighted by Gasteiger charge is -2.41. The predicted octanol–water partition coefficient (Wildman–Crippen LogP) is 6.18. The van der Waals surface area contributed by atoms with E-state index in [0.717, 1.165) is 12.1 Å². The Kier molecular flexibility index (Phi) is 7.15. The Morgan fingerprint density at radius 1 is 0.735 bits per heavy atom. The third-order valence-corrected chi connectivity index (χ3v) is 4.20. The van der Waals surface area contributed by atoms with Gasteiger partial charge in [-0.25, -0.2) is 0 Å². The predicted molar refractivity (Wildman–Crippen MR) is 82.2 cm³/mol. The molecule has 20 heteroatoms. The van der Waals surface area contributed by atoms with Crippen molar-refractivity contribution in [1.82, 2.24) is 0 Å². The van der Waals surface area contributed by atoms with Crippen LogP contribution in [0.1, 0.15) is 0 Å². The molecule has 0 radical (unpaired) electrons. The third-order valence-electron chi connectivity index (χ3n) is 3.96. The van der Waals surface area contributed by atoms with Crippen molar-refractivity contribution in [2.45, 2.75) is 40.9 Å². The number of anilines is 1. The van der Waals surface area contributed by atoms with Crippen LogP contribution in [0.2, 0.25) is 0 Å². The first-order valence-electron chi connectivity index (χ1n) is 7.70. The molecule has 0 aliphatic rings. The Labute approximate surface area is 181 Å². The van der Waals surface area contributed by atoms with Gasteiger partial charge in [-0.3, -0.25) is 14.9 Å². The third kappa shape index (κ3) is 4.06. The number of nitrogens with zero attached hydrogens (tertiary/aromatic N) is 1. The number of nitro groups is 1. The van der Waals surface area contributed by atoms with Crippen molar-refractivity contribution in [2.24, 2.45) is 0 Å². The van der Waals surface area contributed by atoms with E-state index in [4.69, 9.17) is 0 Å². The number of rotatable bonds is 9. The van der Waals surface area contributed by atoms with Crippen molar-refractivity contribution in [3.63, 3.8) is 0 Å². The summed E-state index contributed by atoms with van der Waals surface area (Å²) in [5.41, 5.74) is -2.73. The maximum absolute atomic E-state index is 13.8. The lowest BCUT2D eigenvalue weighted by atomic mass is 9.91. The van der Waals surface area contributed by atoms with Crippen molar-refractivity contribution in [3.05, 3.63) is 34.4 Å². The van der Waals surface area contributed by atoms with E-state index >= 15 is 0 Å². The van der Waals surface area contributed by atoms with Gasteiger partial charge in [0.05, 0.1) is 4.92 Å². The van der Waals surface area contributed by atoms with Gasteiger partial charge in [0.15, 0.2) is 0 Å². The minimum absolute atomic E-state index is 0.355. The van der Waals surface area contributed by atoms with Crippen molar-refractivity contribution in [3.8, 4) is 0 Å². The Balaban J connectivity index is 3.55. The first kappa shape index (κ1) is 29.4. The van der Waals surface area contributed by atoms with Crippen LogP contribution in [0.5, 0.6) is 0 Å². The van der Waals surface area contributed by atoms with Gasteiger partial charge < -0.3 is 5.32 Å². The number of halogens is 15. The molecule has 0 spiro atoms. The molecular weight excluding hydrogens is 546 g/mol. The van der Waals surface area contributed by atoms with E-state index in [2.05, 4.69) is 11.6 Å². The number of amides is 1. The average Bonchev–Trinajstić information content (AvgIpc) is 2.66. The summed E-state index contributed by atoms with van der Waals surface area (Å²) in [5.74, 6) is -51.5. The van der Waals surface area contributed by atoms with Crippen LogP contribution in [0.3, 0.4) is 0 Å². The molecule has 1 amide bonds. The molecule has 0 fully saturated rings. The minimum Gasteiger partial charge on any atom is -0.315 e. The van der Waals surface area contributed by atoms with Gasteiger partial charge in [0.25, 0.3) is 5.69 Å². The average molecular weight is 551 g/mol. The highest BCUT2D eigenvalue weighted by molar-refractivity contribution is 6.22. The van der Waals surface area contributed by atoms with Gasteiger partial charge in [-0.1, -0.05) is 12.1 Å². The molecule has 5 nitrogen and oxygen atoms in total. The van der Waals surface area contributed by atoms with Gasteiger partial charge in [-0.05, 0) is 17.7 Å². The van der Waals surface area contributed by atoms with E-state index in [-0.39, 0.29) is 0 Å². The summed E-state index contributed by atoms with van der Waals surface area (Å²) in [4.78, 5) is 20.7. The molecule has 1 aromatic carbocycles. The number of carbonyl (C=O) groups excluding carboxylic acids is 1. The molecule has 34 heavy (non-hydrogen) atoms. The topological polar surface area (TPSA) is 72.2 Å². The number of nitro benzene ring substituents is 1. The lowest BCUT2D eigenvalue weighted by Crippen LogP contribution is -2.73. The van der Waals surface area contributed by atoms with Crippen LogP contribution < -0.4 is 5.32 Å². The van der Waals surface area contributed by atoms with E-state index in [1.807, 2.05) is 0 Å². The van der Waals surface area contributed by atoms with E-state index in [1.165, 1.54) is 0 Å². The number of alkyl halides is 15. The monoisotopic (exact) mass is 550 g/mol. The Hall–Kier alpha value is -2.60. The fourth-order valence-corrected chi connectivity index (χ4v) is 2.17. The molecule has 1 aromatic rings. The molecule has 0 aliphatic heterocycles. The van der Waals surface area contributed by atoms with Crippen molar-refractivity contribution in [2.75, 3.05) is 5.32 Å². The summed E-state index contributed by atoms with van der Waals surface area (Å²) >= 11 is 3.45. The molecule has 0 saturated carbocycles. The molecule has 1 rings (SSSR count).